The van der Waals surface area contributed by atoms with Gasteiger partial charge in [-0.2, -0.15) is 0 Å². The summed E-state index contributed by atoms with van der Waals surface area (Å²) in [4.78, 5) is 36.3. The first-order valence-corrected chi connectivity index (χ1v) is 8.15. The molecule has 1 amide bonds. The van der Waals surface area contributed by atoms with Gasteiger partial charge in [-0.1, -0.05) is 18.2 Å². The third kappa shape index (κ3) is 3.08. The number of nitrogens with zero attached hydrogens (tertiary/aromatic N) is 4. The molecule has 8 nitrogen and oxygen atoms in total. The maximum Gasteiger partial charge on any atom is 0.256 e. The number of carbonyl (C=O) groups is 2. The zero-order valence-corrected chi connectivity index (χ0v) is 14.2. The number of ketones is 1. The minimum Gasteiger partial charge on any atom is -0.343 e. The number of amides is 1. The minimum absolute atomic E-state index is 0.219. The summed E-state index contributed by atoms with van der Waals surface area (Å²) in [6, 6.07) is 8.66. The van der Waals surface area contributed by atoms with Gasteiger partial charge >= 0.3 is 0 Å². The van der Waals surface area contributed by atoms with Crippen molar-refractivity contribution in [2.75, 3.05) is 5.32 Å². The van der Waals surface area contributed by atoms with E-state index in [1.807, 2.05) is 6.07 Å². The van der Waals surface area contributed by atoms with Crippen molar-refractivity contribution in [2.45, 2.75) is 19.3 Å². The number of hydrogen-bond donors (Lipinski definition) is 1. The number of fused-ring (bicyclic) bond motifs is 1. The number of rotatable bonds is 3. The second-order valence-corrected chi connectivity index (χ2v) is 5.91. The summed E-state index contributed by atoms with van der Waals surface area (Å²) in [5, 5.41) is 2.69. The quantitative estimate of drug-likeness (QED) is 0.763. The molecule has 4 rings (SSSR count). The van der Waals surface area contributed by atoms with E-state index in [0.29, 0.717) is 16.7 Å². The number of nitrogens with one attached hydrogen (secondary N) is 1. The summed E-state index contributed by atoms with van der Waals surface area (Å²) in [6.45, 7) is 1.47. The average molecular weight is 367 g/mol. The zero-order chi connectivity index (χ0) is 19.0. The van der Waals surface area contributed by atoms with Gasteiger partial charge in [0.05, 0.1) is 6.33 Å². The van der Waals surface area contributed by atoms with Crippen LogP contribution in [0.25, 0.3) is 11.2 Å². The Bertz CT molecular complexity index is 1060. The molecule has 2 atom stereocenters. The van der Waals surface area contributed by atoms with Crippen LogP contribution in [0.4, 0.5) is 10.2 Å². The highest BCUT2D eigenvalue weighted by atomic mass is 19.1. The van der Waals surface area contributed by atoms with Crippen LogP contribution in [-0.4, -0.2) is 37.3 Å². The van der Waals surface area contributed by atoms with Gasteiger partial charge in [0, 0.05) is 11.6 Å². The van der Waals surface area contributed by atoms with Gasteiger partial charge in [-0.25, -0.2) is 19.3 Å². The largest absolute Gasteiger partial charge is 0.343 e. The van der Waals surface area contributed by atoms with E-state index >= 15 is 0 Å². The second kappa shape index (κ2) is 6.69. The Hall–Kier alpha value is -3.46. The fraction of sp³-hybridized carbons (Fsp3) is 0.167. The first-order valence-electron chi connectivity index (χ1n) is 8.15. The predicted octanol–water partition coefficient (Wildman–Crippen LogP) is 2.42. The molecular weight excluding hydrogens is 353 g/mol. The summed E-state index contributed by atoms with van der Waals surface area (Å²) >= 11 is 0. The number of Topliss-reactive ketones (excluding diaryl/α,β-unsaturated/α-hetero) is 1. The zero-order valence-electron chi connectivity index (χ0n) is 14.2. The molecule has 136 valence electrons. The number of anilines is 1. The van der Waals surface area contributed by atoms with Gasteiger partial charge in [-0.3, -0.25) is 14.2 Å². The van der Waals surface area contributed by atoms with Crippen molar-refractivity contribution in [1.82, 2.24) is 19.5 Å². The first-order chi connectivity index (χ1) is 13.0. The summed E-state index contributed by atoms with van der Waals surface area (Å²) in [7, 11) is 0. The number of imidazole rings is 1. The lowest BCUT2D eigenvalue weighted by atomic mass is 10.1. The van der Waals surface area contributed by atoms with E-state index in [4.69, 9.17) is 4.74 Å². The molecule has 0 saturated carbocycles. The molecule has 3 aromatic rings. The molecule has 0 bridgehead atoms. The normalized spacial score (nSPS) is 19.8. The molecule has 0 fully saturated rings. The van der Waals surface area contributed by atoms with Gasteiger partial charge in [0.2, 0.25) is 5.78 Å². The van der Waals surface area contributed by atoms with Gasteiger partial charge in [-0.15, -0.1) is 0 Å². The molecule has 1 aliphatic heterocycles. The molecule has 9 heteroatoms. The Morgan fingerprint density at radius 3 is 2.74 bits per heavy atom. The van der Waals surface area contributed by atoms with Gasteiger partial charge < -0.3 is 10.1 Å². The third-order valence-electron chi connectivity index (χ3n) is 4.14. The molecule has 0 unspecified atom stereocenters. The van der Waals surface area contributed by atoms with Crippen LogP contribution in [-0.2, 0) is 9.53 Å². The van der Waals surface area contributed by atoms with Crippen molar-refractivity contribution >= 4 is 28.7 Å². The van der Waals surface area contributed by atoms with Crippen LogP contribution in [0.5, 0.6) is 0 Å². The highest BCUT2D eigenvalue weighted by molar-refractivity contribution is 6.06. The highest BCUT2D eigenvalue weighted by Gasteiger charge is 2.30. The van der Waals surface area contributed by atoms with Gasteiger partial charge in [0.1, 0.15) is 12.4 Å². The van der Waals surface area contributed by atoms with E-state index in [1.165, 1.54) is 24.1 Å². The average Bonchev–Trinajstić information content (AvgIpc) is 3.11. The summed E-state index contributed by atoms with van der Waals surface area (Å²) < 4.78 is 20.8. The van der Waals surface area contributed by atoms with Gasteiger partial charge in [0.15, 0.2) is 29.0 Å². The van der Waals surface area contributed by atoms with Crippen molar-refractivity contribution in [3.63, 3.8) is 0 Å². The Labute approximate surface area is 152 Å². The lowest BCUT2D eigenvalue weighted by Crippen LogP contribution is -2.30. The highest BCUT2D eigenvalue weighted by Crippen LogP contribution is 2.28. The lowest BCUT2D eigenvalue weighted by molar-refractivity contribution is -0.135. The van der Waals surface area contributed by atoms with E-state index in [1.54, 1.807) is 24.3 Å². The molecule has 0 radical (unpaired) electrons. The Kier molecular flexibility index (Phi) is 4.21. The second-order valence-electron chi connectivity index (χ2n) is 5.91. The fourth-order valence-corrected chi connectivity index (χ4v) is 2.76. The van der Waals surface area contributed by atoms with Crippen molar-refractivity contribution in [3.8, 4) is 0 Å². The van der Waals surface area contributed by atoms with E-state index < -0.39 is 23.9 Å². The Balaban J connectivity index is 1.68. The van der Waals surface area contributed by atoms with E-state index in [9.17, 15) is 14.0 Å². The van der Waals surface area contributed by atoms with Crippen LogP contribution < -0.4 is 5.32 Å². The van der Waals surface area contributed by atoms with E-state index in [-0.39, 0.29) is 11.7 Å². The molecule has 2 aromatic heterocycles. The summed E-state index contributed by atoms with van der Waals surface area (Å²) in [5.74, 6) is -1.70. The standard InChI is InChI=1S/C18H14FN5O3/c1-10-15(25)12(19)7-13(27-10)24-9-22-14-16(20-8-21-17(14)24)23-18(26)11-5-3-2-4-6-11/h2-10,13H,1H3,(H,20,21,23,26)/t10-,13-/m1/s1. The number of carbonyl (C=O) groups excluding carboxylic acids is 2. The van der Waals surface area contributed by atoms with Crippen LogP contribution in [0.3, 0.4) is 0 Å². The molecule has 1 N–H and O–H groups in total. The monoisotopic (exact) mass is 367 g/mol. The number of ether oxygens (including phenoxy) is 1. The number of benzene rings is 1. The third-order valence-corrected chi connectivity index (χ3v) is 4.14. The maximum absolute atomic E-state index is 13.8. The van der Waals surface area contributed by atoms with Crippen molar-refractivity contribution in [2.24, 2.45) is 0 Å². The number of hydrogen-bond acceptors (Lipinski definition) is 6. The predicted molar refractivity (Wildman–Crippen MR) is 93.5 cm³/mol. The molecule has 0 spiro atoms. The van der Waals surface area contributed by atoms with Crippen LogP contribution in [0.1, 0.15) is 23.5 Å². The molecule has 27 heavy (non-hydrogen) atoms. The summed E-state index contributed by atoms with van der Waals surface area (Å²) in [5.41, 5.74) is 1.13. The van der Waals surface area contributed by atoms with Gasteiger partial charge in [-0.05, 0) is 19.1 Å². The van der Waals surface area contributed by atoms with Crippen molar-refractivity contribution in [1.29, 1.82) is 0 Å². The van der Waals surface area contributed by atoms with Crippen LogP contribution >= 0.6 is 0 Å². The number of aromatic nitrogens is 4. The first kappa shape index (κ1) is 17.0. The van der Waals surface area contributed by atoms with Crippen molar-refractivity contribution in [3.05, 3.63) is 60.5 Å². The molecular formula is C18H14FN5O3. The topological polar surface area (TPSA) is 99.0 Å². The van der Waals surface area contributed by atoms with E-state index in [2.05, 4.69) is 20.3 Å². The number of halogens is 1. The minimum atomic E-state index is -0.920. The van der Waals surface area contributed by atoms with Gasteiger partial charge in [0.25, 0.3) is 5.91 Å². The molecule has 1 aromatic carbocycles. The summed E-state index contributed by atoms with van der Waals surface area (Å²) in [6.07, 6.45) is 1.92. The fourth-order valence-electron chi connectivity index (χ4n) is 2.76. The van der Waals surface area contributed by atoms with Crippen LogP contribution in [0.15, 0.2) is 54.9 Å². The van der Waals surface area contributed by atoms with Crippen LogP contribution in [0.2, 0.25) is 0 Å². The maximum atomic E-state index is 13.8. The lowest BCUT2D eigenvalue weighted by Gasteiger charge is -2.24. The van der Waals surface area contributed by atoms with Crippen molar-refractivity contribution < 1.29 is 18.7 Å². The molecule has 0 aliphatic carbocycles. The SMILES string of the molecule is C[C@H]1O[C@@H](n2cnc3c(NC(=O)c4ccccc4)ncnc32)C=C(F)C1=O. The van der Waals surface area contributed by atoms with E-state index in [0.717, 1.165) is 6.08 Å². The Morgan fingerprint density at radius 1 is 1.22 bits per heavy atom. The molecule has 3 heterocycles. The molecule has 1 aliphatic rings. The molecule has 0 saturated heterocycles. The van der Waals surface area contributed by atoms with Crippen LogP contribution in [0, 0.1) is 0 Å². The Morgan fingerprint density at radius 2 is 2.00 bits per heavy atom. The smallest absolute Gasteiger partial charge is 0.256 e.